The quantitative estimate of drug-likeness (QED) is 0.696. The first-order valence-corrected chi connectivity index (χ1v) is 10.2. The summed E-state index contributed by atoms with van der Waals surface area (Å²) >= 11 is 5.85. The van der Waals surface area contributed by atoms with Gasteiger partial charge in [-0.2, -0.15) is 0 Å². The number of carbonyl (C=O) groups excluding carboxylic acids is 1. The van der Waals surface area contributed by atoms with Gasteiger partial charge in [-0.15, -0.1) is 0 Å². The van der Waals surface area contributed by atoms with Crippen LogP contribution in [-0.2, 0) is 14.8 Å². The van der Waals surface area contributed by atoms with Gasteiger partial charge in [-0.05, 0) is 43.3 Å². The van der Waals surface area contributed by atoms with Crippen LogP contribution in [0.2, 0.25) is 5.02 Å². The van der Waals surface area contributed by atoms with Gasteiger partial charge in [0.05, 0.1) is 18.5 Å². The molecule has 0 saturated carbocycles. The molecular weight excluding hydrogens is 376 g/mol. The molecule has 0 saturated heterocycles. The molecule has 1 N–H and O–H groups in total. The Morgan fingerprint density at radius 3 is 2.35 bits per heavy atom. The first-order valence-electron chi connectivity index (χ1n) is 7.99. The predicted molar refractivity (Wildman–Crippen MR) is 103 cm³/mol. The minimum atomic E-state index is -3.65. The van der Waals surface area contributed by atoms with E-state index in [0.717, 1.165) is 10.6 Å². The fraction of sp³-hybridized carbons (Fsp3) is 0.278. The summed E-state index contributed by atoms with van der Waals surface area (Å²) in [4.78, 5) is 12.4. The zero-order valence-corrected chi connectivity index (χ0v) is 16.1. The molecule has 0 aliphatic carbocycles. The van der Waals surface area contributed by atoms with Crippen molar-refractivity contribution in [1.29, 1.82) is 0 Å². The van der Waals surface area contributed by atoms with E-state index < -0.39 is 22.0 Å². The summed E-state index contributed by atoms with van der Waals surface area (Å²) in [5.74, 6) is 0.288. The van der Waals surface area contributed by atoms with Crippen LogP contribution in [0.4, 0.5) is 5.69 Å². The van der Waals surface area contributed by atoms with Crippen molar-refractivity contribution in [2.75, 3.05) is 23.7 Å². The van der Waals surface area contributed by atoms with Gasteiger partial charge in [0.1, 0.15) is 18.4 Å². The Bertz CT molecular complexity index is 826. The molecule has 1 amide bonds. The van der Waals surface area contributed by atoms with Crippen LogP contribution in [0.25, 0.3) is 0 Å². The standard InChI is InChI=1S/C18H21ClN2O4S/c1-14(18(22)20-12-13-25-17-6-4-3-5-7-17)21(26(2,23)24)16-10-8-15(19)9-11-16/h3-11,14H,12-13H2,1-2H3,(H,20,22)/t14-/m0/s1. The van der Waals surface area contributed by atoms with Gasteiger partial charge in [-0.3, -0.25) is 9.10 Å². The number of amides is 1. The van der Waals surface area contributed by atoms with Crippen LogP contribution in [0.1, 0.15) is 6.92 Å². The summed E-state index contributed by atoms with van der Waals surface area (Å²) in [6.45, 7) is 2.07. The number of nitrogens with one attached hydrogen (secondary N) is 1. The maximum Gasteiger partial charge on any atom is 0.243 e. The van der Waals surface area contributed by atoms with Crippen molar-refractivity contribution in [1.82, 2.24) is 5.32 Å². The second-order valence-electron chi connectivity index (χ2n) is 5.66. The van der Waals surface area contributed by atoms with Crippen molar-refractivity contribution in [2.45, 2.75) is 13.0 Å². The highest BCUT2D eigenvalue weighted by molar-refractivity contribution is 7.92. The molecule has 0 fully saturated rings. The molecule has 0 bridgehead atoms. The number of hydrogen-bond acceptors (Lipinski definition) is 4. The van der Waals surface area contributed by atoms with Crippen molar-refractivity contribution in [2.24, 2.45) is 0 Å². The van der Waals surface area contributed by atoms with E-state index in [-0.39, 0.29) is 13.2 Å². The molecule has 26 heavy (non-hydrogen) atoms. The molecule has 2 aromatic rings. The lowest BCUT2D eigenvalue weighted by Crippen LogP contribution is -2.48. The average molecular weight is 397 g/mol. The maximum atomic E-state index is 12.4. The largest absolute Gasteiger partial charge is 0.492 e. The third kappa shape index (κ3) is 5.64. The summed E-state index contributed by atoms with van der Waals surface area (Å²) in [5, 5.41) is 3.17. The van der Waals surface area contributed by atoms with Crippen molar-refractivity contribution in [3.63, 3.8) is 0 Å². The fourth-order valence-electron chi connectivity index (χ4n) is 2.40. The highest BCUT2D eigenvalue weighted by atomic mass is 35.5. The number of ether oxygens (including phenoxy) is 1. The highest BCUT2D eigenvalue weighted by Gasteiger charge is 2.28. The third-order valence-electron chi connectivity index (χ3n) is 3.58. The molecule has 0 aliphatic rings. The van der Waals surface area contributed by atoms with Gasteiger partial charge in [0, 0.05) is 5.02 Å². The number of halogens is 1. The van der Waals surface area contributed by atoms with Crippen LogP contribution in [0.3, 0.4) is 0 Å². The van der Waals surface area contributed by atoms with Crippen molar-refractivity contribution in [3.8, 4) is 5.75 Å². The smallest absolute Gasteiger partial charge is 0.243 e. The van der Waals surface area contributed by atoms with E-state index >= 15 is 0 Å². The summed E-state index contributed by atoms with van der Waals surface area (Å²) in [6, 6.07) is 14.6. The molecule has 1 atom stereocenters. The number of para-hydroxylation sites is 1. The Morgan fingerprint density at radius 2 is 1.77 bits per heavy atom. The van der Waals surface area contributed by atoms with Crippen LogP contribution in [0, 0.1) is 0 Å². The number of carbonyl (C=O) groups is 1. The lowest BCUT2D eigenvalue weighted by atomic mass is 10.2. The molecule has 0 aliphatic heterocycles. The van der Waals surface area contributed by atoms with Crippen LogP contribution in [0.5, 0.6) is 5.75 Å². The molecule has 0 spiro atoms. The van der Waals surface area contributed by atoms with E-state index in [1.54, 1.807) is 24.3 Å². The van der Waals surface area contributed by atoms with Crippen LogP contribution < -0.4 is 14.4 Å². The number of nitrogens with zero attached hydrogens (tertiary/aromatic N) is 1. The topological polar surface area (TPSA) is 75.7 Å². The van der Waals surface area contributed by atoms with Gasteiger partial charge in [0.25, 0.3) is 0 Å². The van der Waals surface area contributed by atoms with E-state index in [4.69, 9.17) is 16.3 Å². The molecule has 0 radical (unpaired) electrons. The van der Waals surface area contributed by atoms with E-state index in [1.807, 2.05) is 30.3 Å². The van der Waals surface area contributed by atoms with Gasteiger partial charge in [-0.25, -0.2) is 8.42 Å². The number of sulfonamides is 1. The Balaban J connectivity index is 1.98. The second-order valence-corrected chi connectivity index (χ2v) is 7.96. The van der Waals surface area contributed by atoms with Crippen molar-refractivity contribution in [3.05, 3.63) is 59.6 Å². The van der Waals surface area contributed by atoms with Gasteiger partial charge < -0.3 is 10.1 Å². The van der Waals surface area contributed by atoms with Gasteiger partial charge in [0.2, 0.25) is 15.9 Å². The van der Waals surface area contributed by atoms with Crippen molar-refractivity contribution >= 4 is 33.2 Å². The molecule has 8 heteroatoms. The number of rotatable bonds is 8. The molecule has 140 valence electrons. The third-order valence-corrected chi connectivity index (χ3v) is 5.08. The second kappa shape index (κ2) is 8.91. The highest BCUT2D eigenvalue weighted by Crippen LogP contribution is 2.22. The average Bonchev–Trinajstić information content (AvgIpc) is 2.60. The minimum Gasteiger partial charge on any atom is -0.492 e. The maximum absolute atomic E-state index is 12.4. The summed E-state index contributed by atoms with van der Waals surface area (Å²) < 4.78 is 30.9. The summed E-state index contributed by atoms with van der Waals surface area (Å²) in [6.07, 6.45) is 1.06. The lowest BCUT2D eigenvalue weighted by Gasteiger charge is -2.28. The predicted octanol–water partition coefficient (Wildman–Crippen LogP) is 2.69. The first-order chi connectivity index (χ1) is 12.3. The zero-order valence-electron chi connectivity index (χ0n) is 14.6. The SMILES string of the molecule is C[C@@H](C(=O)NCCOc1ccccc1)N(c1ccc(Cl)cc1)S(C)(=O)=O. The van der Waals surface area contributed by atoms with E-state index in [1.165, 1.54) is 6.92 Å². The Labute approximate surface area is 158 Å². The zero-order chi connectivity index (χ0) is 19.2. The molecule has 2 rings (SSSR count). The van der Waals surface area contributed by atoms with Crippen LogP contribution in [-0.4, -0.2) is 39.8 Å². The number of hydrogen-bond donors (Lipinski definition) is 1. The molecule has 6 nitrogen and oxygen atoms in total. The number of anilines is 1. The van der Waals surface area contributed by atoms with Gasteiger partial charge >= 0.3 is 0 Å². The minimum absolute atomic E-state index is 0.260. The molecule has 2 aromatic carbocycles. The normalized spacial score (nSPS) is 12.3. The summed E-state index contributed by atoms with van der Waals surface area (Å²) in [7, 11) is -3.65. The van der Waals surface area contributed by atoms with Crippen molar-refractivity contribution < 1.29 is 17.9 Å². The molecule has 0 aromatic heterocycles. The van der Waals surface area contributed by atoms with Gasteiger partial charge in [-0.1, -0.05) is 29.8 Å². The van der Waals surface area contributed by atoms with Gasteiger partial charge in [0.15, 0.2) is 0 Å². The summed E-state index contributed by atoms with van der Waals surface area (Å²) in [5.41, 5.74) is 0.375. The van der Waals surface area contributed by atoms with E-state index in [2.05, 4.69) is 5.32 Å². The van der Waals surface area contributed by atoms with E-state index in [0.29, 0.717) is 16.5 Å². The van der Waals surface area contributed by atoms with Crippen LogP contribution in [0.15, 0.2) is 54.6 Å². The molecule has 0 unspecified atom stereocenters. The Hall–Kier alpha value is -2.25. The monoisotopic (exact) mass is 396 g/mol. The Kier molecular flexibility index (Phi) is 6.88. The molecular formula is C18H21ClN2O4S. The fourth-order valence-corrected chi connectivity index (χ4v) is 3.71. The molecule has 0 heterocycles. The van der Waals surface area contributed by atoms with Crippen LogP contribution >= 0.6 is 11.6 Å². The number of benzene rings is 2. The Morgan fingerprint density at radius 1 is 1.15 bits per heavy atom. The lowest BCUT2D eigenvalue weighted by molar-refractivity contribution is -0.121. The first kappa shape index (κ1) is 20.1. The van der Waals surface area contributed by atoms with E-state index in [9.17, 15) is 13.2 Å².